The lowest BCUT2D eigenvalue weighted by atomic mass is 9.95. The van der Waals surface area contributed by atoms with E-state index in [1.807, 2.05) is 36.4 Å². The van der Waals surface area contributed by atoms with Gasteiger partial charge in [0.2, 0.25) is 0 Å². The summed E-state index contributed by atoms with van der Waals surface area (Å²) >= 11 is 0. The number of pyridine rings is 1. The second-order valence-corrected chi connectivity index (χ2v) is 13.2. The maximum Gasteiger partial charge on any atom is 0.162 e. The van der Waals surface area contributed by atoms with E-state index in [-0.39, 0.29) is 0 Å². The summed E-state index contributed by atoms with van der Waals surface area (Å²) in [6.45, 7) is 0. The van der Waals surface area contributed by atoms with Gasteiger partial charge < -0.3 is 4.42 Å². The fraction of sp³-hybridized carbons (Fsp3) is 0. The molecule has 0 atom stereocenters. The monoisotopic (exact) mass is 664 g/mol. The van der Waals surface area contributed by atoms with Crippen molar-refractivity contribution in [3.05, 3.63) is 170 Å². The van der Waals surface area contributed by atoms with Crippen molar-refractivity contribution >= 4 is 65.4 Å². The first-order valence-electron chi connectivity index (χ1n) is 17.5. The molecule has 242 valence electrons. The van der Waals surface area contributed by atoms with E-state index in [0.29, 0.717) is 5.82 Å². The zero-order valence-corrected chi connectivity index (χ0v) is 27.9. The highest BCUT2D eigenvalue weighted by molar-refractivity contribution is 6.28. The summed E-state index contributed by atoms with van der Waals surface area (Å²) in [5.41, 5.74) is 9.57. The number of hydrogen-bond donors (Lipinski definition) is 0. The number of rotatable bonds is 4. The van der Waals surface area contributed by atoms with Gasteiger partial charge in [0, 0.05) is 60.5 Å². The minimum atomic E-state index is 0.665. The van der Waals surface area contributed by atoms with E-state index < -0.39 is 0 Å². The molecule has 0 aliphatic carbocycles. The van der Waals surface area contributed by atoms with Crippen LogP contribution in [0.3, 0.4) is 0 Å². The molecule has 0 amide bonds. The van der Waals surface area contributed by atoms with Gasteiger partial charge in [-0.15, -0.1) is 0 Å². The van der Waals surface area contributed by atoms with E-state index in [2.05, 4.69) is 138 Å². The second-order valence-electron chi connectivity index (χ2n) is 13.2. The number of hydrogen-bond acceptors (Lipinski definition) is 4. The van der Waals surface area contributed by atoms with Gasteiger partial charge in [-0.1, -0.05) is 127 Å². The molecule has 0 saturated carbocycles. The van der Waals surface area contributed by atoms with Crippen molar-refractivity contribution in [2.75, 3.05) is 0 Å². The molecule has 52 heavy (non-hydrogen) atoms. The number of para-hydroxylation sites is 3. The predicted octanol–water partition coefficient (Wildman–Crippen LogP) is 12.2. The third-order valence-corrected chi connectivity index (χ3v) is 10.2. The van der Waals surface area contributed by atoms with Gasteiger partial charge in [0.25, 0.3) is 0 Å². The molecule has 0 fully saturated rings. The molecule has 0 aliphatic heterocycles. The van der Waals surface area contributed by atoms with Gasteiger partial charge in [0.05, 0.1) is 27.9 Å². The predicted molar refractivity (Wildman–Crippen MR) is 213 cm³/mol. The first-order valence-corrected chi connectivity index (χ1v) is 17.5. The molecule has 0 aliphatic rings. The molecular formula is C47H28N4O. The summed E-state index contributed by atoms with van der Waals surface area (Å²) in [5.74, 6) is 1.47. The molecule has 7 aromatic carbocycles. The van der Waals surface area contributed by atoms with Crippen LogP contribution >= 0.6 is 0 Å². The standard InChI is InChI=1S/C47H28N4O/c1-3-13-29(14-4-1)46-36-25-26-42-45(35-19-9-12-22-41(35)52-42)44(36)34-24-23-31(27-38(34)48-46)37-28-43(50-47(49-37)30-15-5-2-6-16-30)51-39-20-10-7-17-32(39)33-18-8-11-21-40(33)51/h1-28H. The van der Waals surface area contributed by atoms with Crippen molar-refractivity contribution in [2.24, 2.45) is 0 Å². The van der Waals surface area contributed by atoms with E-state index in [1.165, 1.54) is 10.8 Å². The lowest BCUT2D eigenvalue weighted by molar-refractivity contribution is 0.669. The highest BCUT2D eigenvalue weighted by Crippen LogP contribution is 2.42. The lowest BCUT2D eigenvalue weighted by Crippen LogP contribution is -2.02. The van der Waals surface area contributed by atoms with Crippen LogP contribution in [0.2, 0.25) is 0 Å². The maximum atomic E-state index is 6.37. The SMILES string of the molecule is c1ccc(-c2nc(-c3ccc4c(c3)nc(-c3ccccc3)c3ccc5oc6ccccc6c5c34)cc(-n3c4ccccc4c4ccccc43)n2)cc1. The molecule has 0 bridgehead atoms. The van der Waals surface area contributed by atoms with Gasteiger partial charge in [0.15, 0.2) is 5.82 Å². The molecule has 4 aromatic heterocycles. The minimum absolute atomic E-state index is 0.665. The van der Waals surface area contributed by atoms with Crippen molar-refractivity contribution in [3.63, 3.8) is 0 Å². The molecule has 0 N–H and O–H groups in total. The van der Waals surface area contributed by atoms with Crippen molar-refractivity contribution in [1.29, 1.82) is 0 Å². The topological polar surface area (TPSA) is 56.7 Å². The molecule has 5 nitrogen and oxygen atoms in total. The second kappa shape index (κ2) is 11.2. The molecule has 0 spiro atoms. The minimum Gasteiger partial charge on any atom is -0.456 e. The summed E-state index contributed by atoms with van der Waals surface area (Å²) in [6, 6.07) is 58.8. The van der Waals surface area contributed by atoms with Crippen LogP contribution in [0.1, 0.15) is 0 Å². The van der Waals surface area contributed by atoms with Gasteiger partial charge in [0.1, 0.15) is 17.0 Å². The fourth-order valence-corrected chi connectivity index (χ4v) is 7.87. The Morgan fingerprint density at radius 3 is 1.79 bits per heavy atom. The largest absolute Gasteiger partial charge is 0.456 e. The number of benzene rings is 7. The number of aromatic nitrogens is 4. The number of nitrogens with zero attached hydrogens (tertiary/aromatic N) is 4. The van der Waals surface area contributed by atoms with Gasteiger partial charge >= 0.3 is 0 Å². The van der Waals surface area contributed by atoms with Crippen molar-refractivity contribution in [3.8, 4) is 39.7 Å². The highest BCUT2D eigenvalue weighted by atomic mass is 16.3. The van der Waals surface area contributed by atoms with Crippen LogP contribution in [0, 0.1) is 0 Å². The van der Waals surface area contributed by atoms with Crippen LogP contribution in [-0.4, -0.2) is 19.5 Å². The number of fused-ring (bicyclic) bond motifs is 10. The Kier molecular flexibility index (Phi) is 6.18. The first kappa shape index (κ1) is 28.7. The zero-order valence-electron chi connectivity index (χ0n) is 27.9. The van der Waals surface area contributed by atoms with Gasteiger partial charge in [-0.3, -0.25) is 4.57 Å². The Morgan fingerprint density at radius 2 is 1.04 bits per heavy atom. The van der Waals surface area contributed by atoms with E-state index >= 15 is 0 Å². The molecule has 11 rings (SSSR count). The zero-order chi connectivity index (χ0) is 34.2. The van der Waals surface area contributed by atoms with Gasteiger partial charge in [-0.25, -0.2) is 15.0 Å². The lowest BCUT2D eigenvalue weighted by Gasteiger charge is -2.14. The number of furan rings is 1. The fourth-order valence-electron chi connectivity index (χ4n) is 7.87. The summed E-state index contributed by atoms with van der Waals surface area (Å²) in [5, 5.41) is 7.87. The molecule has 5 heteroatoms. The van der Waals surface area contributed by atoms with E-state index in [9.17, 15) is 0 Å². The Labute approximate surface area is 298 Å². The van der Waals surface area contributed by atoms with Crippen LogP contribution in [0.15, 0.2) is 174 Å². The highest BCUT2D eigenvalue weighted by Gasteiger charge is 2.20. The Balaban J connectivity index is 1.21. The third kappa shape index (κ3) is 4.33. The van der Waals surface area contributed by atoms with E-state index in [1.54, 1.807) is 0 Å². The van der Waals surface area contributed by atoms with E-state index in [4.69, 9.17) is 19.4 Å². The Hall–Kier alpha value is -7.11. The van der Waals surface area contributed by atoms with Crippen LogP contribution in [0.4, 0.5) is 0 Å². The van der Waals surface area contributed by atoms with Crippen molar-refractivity contribution in [2.45, 2.75) is 0 Å². The summed E-state index contributed by atoms with van der Waals surface area (Å²) < 4.78 is 8.63. The molecule has 0 radical (unpaired) electrons. The van der Waals surface area contributed by atoms with Crippen molar-refractivity contribution < 1.29 is 4.42 Å². The summed E-state index contributed by atoms with van der Waals surface area (Å²) in [7, 11) is 0. The quantitative estimate of drug-likeness (QED) is 0.176. The summed E-state index contributed by atoms with van der Waals surface area (Å²) in [4.78, 5) is 15.8. The smallest absolute Gasteiger partial charge is 0.162 e. The van der Waals surface area contributed by atoms with Crippen LogP contribution in [0.5, 0.6) is 0 Å². The molecule has 11 aromatic rings. The normalized spacial score (nSPS) is 11.8. The van der Waals surface area contributed by atoms with Crippen LogP contribution in [0.25, 0.3) is 105 Å². The van der Waals surface area contributed by atoms with E-state index in [0.717, 1.165) is 88.5 Å². The first-order chi connectivity index (χ1) is 25.8. The molecule has 0 unspecified atom stereocenters. The molecule has 0 saturated heterocycles. The molecule has 4 heterocycles. The van der Waals surface area contributed by atoms with Gasteiger partial charge in [-0.05, 0) is 36.4 Å². The molecular weight excluding hydrogens is 637 g/mol. The average Bonchev–Trinajstić information content (AvgIpc) is 3.77. The van der Waals surface area contributed by atoms with Crippen LogP contribution in [-0.2, 0) is 0 Å². The third-order valence-electron chi connectivity index (χ3n) is 10.2. The average molecular weight is 665 g/mol. The van der Waals surface area contributed by atoms with Crippen LogP contribution < -0.4 is 0 Å². The Bertz CT molecular complexity index is 3130. The van der Waals surface area contributed by atoms with Crippen molar-refractivity contribution in [1.82, 2.24) is 19.5 Å². The summed E-state index contributed by atoms with van der Waals surface area (Å²) in [6.07, 6.45) is 0. The maximum absolute atomic E-state index is 6.37. The Morgan fingerprint density at radius 1 is 0.404 bits per heavy atom. The van der Waals surface area contributed by atoms with Gasteiger partial charge in [-0.2, -0.15) is 0 Å².